The summed E-state index contributed by atoms with van der Waals surface area (Å²) < 4.78 is 31.7. The summed E-state index contributed by atoms with van der Waals surface area (Å²) in [7, 11) is -3.67. The third-order valence-corrected chi connectivity index (χ3v) is 6.72. The fraction of sp³-hybridized carbons (Fsp3) is 0.250. The van der Waals surface area contributed by atoms with Crippen LogP contribution in [0.1, 0.15) is 10.4 Å². The van der Waals surface area contributed by atoms with Crippen molar-refractivity contribution in [3.05, 3.63) is 59.1 Å². The first-order chi connectivity index (χ1) is 15.8. The first kappa shape index (κ1) is 24.5. The minimum absolute atomic E-state index is 0.0644. The summed E-state index contributed by atoms with van der Waals surface area (Å²) in [5.74, 6) is -1.24. The lowest BCUT2D eigenvalue weighted by atomic mass is 10.2. The molecule has 11 nitrogen and oxygen atoms in total. The minimum Gasteiger partial charge on any atom is -0.379 e. The first-order valence-corrected chi connectivity index (χ1v) is 11.6. The van der Waals surface area contributed by atoms with Gasteiger partial charge in [0, 0.05) is 29.4 Å². The highest BCUT2D eigenvalue weighted by Crippen LogP contribution is 2.17. The Morgan fingerprint density at radius 2 is 1.58 bits per heavy atom. The fourth-order valence-electron chi connectivity index (χ4n) is 2.84. The number of ether oxygens (including phenoxy) is 1. The number of hydrogen-bond donors (Lipinski definition) is 4. The predicted molar refractivity (Wildman–Crippen MR) is 120 cm³/mol. The molecule has 1 aliphatic heterocycles. The summed E-state index contributed by atoms with van der Waals surface area (Å²) >= 11 is 5.76. The molecule has 0 saturated carbocycles. The summed E-state index contributed by atoms with van der Waals surface area (Å²) in [5, 5.41) is 5.38. The number of anilines is 1. The highest BCUT2D eigenvalue weighted by atomic mass is 35.5. The smallest absolute Gasteiger partial charge is 0.337 e. The van der Waals surface area contributed by atoms with Gasteiger partial charge in [0.15, 0.2) is 0 Å². The molecule has 1 fully saturated rings. The topological polar surface area (TPSA) is 146 Å². The van der Waals surface area contributed by atoms with Crippen LogP contribution in [0.4, 0.5) is 10.5 Å². The van der Waals surface area contributed by atoms with Gasteiger partial charge in [-0.3, -0.25) is 15.0 Å². The number of benzene rings is 2. The lowest BCUT2D eigenvalue weighted by molar-refractivity contribution is -0.120. The lowest BCUT2D eigenvalue weighted by Crippen LogP contribution is -2.47. The highest BCUT2D eigenvalue weighted by molar-refractivity contribution is 7.89. The number of amides is 4. The van der Waals surface area contributed by atoms with Gasteiger partial charge in [-0.15, -0.1) is 0 Å². The van der Waals surface area contributed by atoms with Crippen molar-refractivity contribution in [2.45, 2.75) is 4.90 Å². The molecule has 4 N–H and O–H groups in total. The van der Waals surface area contributed by atoms with Gasteiger partial charge in [-0.2, -0.15) is 4.31 Å². The number of sulfonamides is 1. The van der Waals surface area contributed by atoms with Crippen molar-refractivity contribution in [3.8, 4) is 0 Å². The third kappa shape index (κ3) is 6.89. The average Bonchev–Trinajstić information content (AvgIpc) is 2.83. The van der Waals surface area contributed by atoms with Crippen LogP contribution in [0.2, 0.25) is 5.02 Å². The van der Waals surface area contributed by atoms with Crippen LogP contribution in [0.3, 0.4) is 0 Å². The number of morpholine rings is 1. The van der Waals surface area contributed by atoms with Crippen LogP contribution in [0.25, 0.3) is 0 Å². The molecule has 13 heteroatoms. The second-order valence-corrected chi connectivity index (χ2v) is 9.23. The van der Waals surface area contributed by atoms with Gasteiger partial charge in [0.1, 0.15) is 0 Å². The SMILES string of the molecule is O=C(CNC(=O)c1ccc(S(=O)(=O)N2CCOCC2)cc1)NNC(=O)Nc1ccc(Cl)cc1. The molecule has 1 heterocycles. The van der Waals surface area contributed by atoms with Gasteiger partial charge in [0.2, 0.25) is 10.0 Å². The van der Waals surface area contributed by atoms with Crippen LogP contribution in [0, 0.1) is 0 Å². The molecule has 0 aromatic heterocycles. The van der Waals surface area contributed by atoms with E-state index in [1.807, 2.05) is 0 Å². The second kappa shape index (κ2) is 11.1. The molecule has 0 unspecified atom stereocenters. The molecule has 2 aromatic rings. The van der Waals surface area contributed by atoms with Crippen molar-refractivity contribution in [2.75, 3.05) is 38.2 Å². The second-order valence-electron chi connectivity index (χ2n) is 6.86. The predicted octanol–water partition coefficient (Wildman–Crippen LogP) is 0.944. The van der Waals surface area contributed by atoms with Crippen molar-refractivity contribution >= 4 is 45.2 Å². The largest absolute Gasteiger partial charge is 0.379 e. The van der Waals surface area contributed by atoms with Crippen LogP contribution in [-0.4, -0.2) is 63.4 Å². The average molecular weight is 496 g/mol. The van der Waals surface area contributed by atoms with Crippen molar-refractivity contribution in [1.29, 1.82) is 0 Å². The zero-order chi connectivity index (χ0) is 23.8. The van der Waals surface area contributed by atoms with E-state index in [0.717, 1.165) is 0 Å². The first-order valence-electron chi connectivity index (χ1n) is 9.83. The third-order valence-electron chi connectivity index (χ3n) is 4.55. The van der Waals surface area contributed by atoms with Gasteiger partial charge in [-0.1, -0.05) is 11.6 Å². The Morgan fingerprint density at radius 1 is 0.939 bits per heavy atom. The number of urea groups is 1. The zero-order valence-corrected chi connectivity index (χ0v) is 18.9. The lowest BCUT2D eigenvalue weighted by Gasteiger charge is -2.26. The van der Waals surface area contributed by atoms with Crippen LogP contribution < -0.4 is 21.5 Å². The normalized spacial score (nSPS) is 14.2. The Morgan fingerprint density at radius 3 is 2.21 bits per heavy atom. The molecule has 0 bridgehead atoms. The summed E-state index contributed by atoms with van der Waals surface area (Å²) in [6.45, 7) is 0.795. The number of carbonyl (C=O) groups excluding carboxylic acids is 3. The maximum Gasteiger partial charge on any atom is 0.337 e. The maximum absolute atomic E-state index is 12.6. The number of nitrogens with one attached hydrogen (secondary N) is 4. The van der Waals surface area contributed by atoms with Gasteiger partial charge in [0.05, 0.1) is 24.7 Å². The van der Waals surface area contributed by atoms with E-state index in [1.165, 1.54) is 28.6 Å². The van der Waals surface area contributed by atoms with Gasteiger partial charge in [-0.05, 0) is 48.5 Å². The molecule has 1 aliphatic rings. The van der Waals surface area contributed by atoms with E-state index in [4.69, 9.17) is 16.3 Å². The Balaban J connectivity index is 1.44. The summed E-state index contributed by atoms with van der Waals surface area (Å²) in [5.41, 5.74) is 4.95. The highest BCUT2D eigenvalue weighted by Gasteiger charge is 2.26. The van der Waals surface area contributed by atoms with E-state index in [0.29, 0.717) is 23.9 Å². The van der Waals surface area contributed by atoms with Gasteiger partial charge < -0.3 is 15.4 Å². The van der Waals surface area contributed by atoms with Crippen molar-refractivity contribution in [2.24, 2.45) is 0 Å². The van der Waals surface area contributed by atoms with E-state index >= 15 is 0 Å². The summed E-state index contributed by atoms with van der Waals surface area (Å²) in [6.07, 6.45) is 0. The summed E-state index contributed by atoms with van der Waals surface area (Å²) in [6, 6.07) is 11.1. The number of halogens is 1. The van der Waals surface area contributed by atoms with Crippen LogP contribution in [0.5, 0.6) is 0 Å². The molecule has 0 spiro atoms. The van der Waals surface area contributed by atoms with Crippen LogP contribution >= 0.6 is 11.6 Å². The Labute approximate surface area is 195 Å². The Bertz CT molecular complexity index is 1100. The van der Waals surface area contributed by atoms with Gasteiger partial charge in [-0.25, -0.2) is 18.6 Å². The molecule has 176 valence electrons. The van der Waals surface area contributed by atoms with Crippen LogP contribution in [-0.2, 0) is 19.6 Å². The Hall–Kier alpha value is -3.19. The van der Waals surface area contributed by atoms with E-state index in [-0.39, 0.29) is 23.5 Å². The van der Waals surface area contributed by atoms with Crippen molar-refractivity contribution in [3.63, 3.8) is 0 Å². The maximum atomic E-state index is 12.6. The summed E-state index contributed by atoms with van der Waals surface area (Å²) in [4.78, 5) is 35.9. The molecule has 4 amide bonds. The van der Waals surface area contributed by atoms with Gasteiger partial charge in [0.25, 0.3) is 11.8 Å². The quantitative estimate of drug-likeness (QED) is 0.439. The van der Waals surface area contributed by atoms with E-state index in [1.54, 1.807) is 24.3 Å². The number of hydrazine groups is 1. The number of rotatable bonds is 6. The Kier molecular flexibility index (Phi) is 8.22. The van der Waals surface area contributed by atoms with E-state index in [2.05, 4.69) is 21.5 Å². The molecule has 3 rings (SSSR count). The molecule has 0 radical (unpaired) electrons. The van der Waals surface area contributed by atoms with Crippen LogP contribution in [0.15, 0.2) is 53.4 Å². The molecule has 0 atom stereocenters. The molecule has 1 saturated heterocycles. The van der Waals surface area contributed by atoms with E-state index < -0.39 is 34.4 Å². The monoisotopic (exact) mass is 495 g/mol. The molecular weight excluding hydrogens is 474 g/mol. The fourth-order valence-corrected chi connectivity index (χ4v) is 4.38. The number of hydrogen-bond acceptors (Lipinski definition) is 6. The molecule has 2 aromatic carbocycles. The van der Waals surface area contributed by atoms with E-state index in [9.17, 15) is 22.8 Å². The molecule has 33 heavy (non-hydrogen) atoms. The standard InChI is InChI=1S/C20H22ClN5O6S/c21-15-3-5-16(6-4-15)23-20(29)25-24-18(27)13-22-19(28)14-1-7-17(8-2-14)33(30,31)26-9-11-32-12-10-26/h1-8H,9-13H2,(H,22,28)(H,24,27)(H2,23,25,29). The van der Waals surface area contributed by atoms with Crippen molar-refractivity contribution in [1.82, 2.24) is 20.5 Å². The number of carbonyl (C=O) groups is 3. The molecular formula is C20H22ClN5O6S. The number of nitrogens with zero attached hydrogens (tertiary/aromatic N) is 1. The minimum atomic E-state index is -3.67. The van der Waals surface area contributed by atoms with Crippen molar-refractivity contribution < 1.29 is 27.5 Å². The van der Waals surface area contributed by atoms with Gasteiger partial charge >= 0.3 is 6.03 Å². The molecule has 0 aliphatic carbocycles. The zero-order valence-electron chi connectivity index (χ0n) is 17.3.